The first-order chi connectivity index (χ1) is 13.1. The van der Waals surface area contributed by atoms with Crippen LogP contribution in [-0.2, 0) is 13.6 Å². The van der Waals surface area contributed by atoms with E-state index >= 15 is 0 Å². The van der Waals surface area contributed by atoms with Gasteiger partial charge in [0.1, 0.15) is 5.69 Å². The second-order valence-corrected chi connectivity index (χ2v) is 7.50. The maximum absolute atomic E-state index is 12.8. The van der Waals surface area contributed by atoms with Gasteiger partial charge < -0.3 is 9.88 Å². The fraction of sp³-hybridized carbons (Fsp3) is 0.364. The van der Waals surface area contributed by atoms with Gasteiger partial charge >= 0.3 is 0 Å². The van der Waals surface area contributed by atoms with Crippen LogP contribution in [0.2, 0.25) is 0 Å². The summed E-state index contributed by atoms with van der Waals surface area (Å²) in [5.41, 5.74) is 4.13. The quantitative estimate of drug-likeness (QED) is 0.775. The summed E-state index contributed by atoms with van der Waals surface area (Å²) in [4.78, 5) is 19.6. The average molecular weight is 362 g/mol. The number of piperidine rings is 1. The Labute approximate surface area is 160 Å². The number of hydrogen-bond acceptors (Lipinski definition) is 3. The first-order valence-corrected chi connectivity index (χ1v) is 9.59. The summed E-state index contributed by atoms with van der Waals surface area (Å²) in [6, 6.07) is 14.6. The Balaban J connectivity index is 1.36. The van der Waals surface area contributed by atoms with E-state index in [4.69, 9.17) is 0 Å². The van der Waals surface area contributed by atoms with Gasteiger partial charge in [0.2, 0.25) is 0 Å². The lowest BCUT2D eigenvalue weighted by molar-refractivity contribution is 0.0900. The van der Waals surface area contributed by atoms with Crippen molar-refractivity contribution < 1.29 is 4.79 Å². The van der Waals surface area contributed by atoms with Crippen LogP contribution in [0.25, 0.3) is 10.9 Å². The van der Waals surface area contributed by atoms with Crippen molar-refractivity contribution in [2.45, 2.75) is 32.4 Å². The van der Waals surface area contributed by atoms with Gasteiger partial charge in [-0.1, -0.05) is 17.7 Å². The molecule has 1 amide bonds. The largest absolute Gasteiger partial charge is 0.348 e. The van der Waals surface area contributed by atoms with Crippen molar-refractivity contribution >= 4 is 16.8 Å². The molecule has 0 radical (unpaired) electrons. The minimum atomic E-state index is 0.0227. The Kier molecular flexibility index (Phi) is 4.94. The molecule has 1 aliphatic rings. The number of hydrogen-bond donors (Lipinski definition) is 1. The van der Waals surface area contributed by atoms with E-state index in [2.05, 4.69) is 46.4 Å². The number of aryl methyl sites for hydroxylation is 2. The molecule has 5 nitrogen and oxygen atoms in total. The van der Waals surface area contributed by atoms with E-state index in [0.29, 0.717) is 0 Å². The lowest BCUT2D eigenvalue weighted by Crippen LogP contribution is -2.44. The molecular formula is C22H26N4O. The molecule has 3 aromatic rings. The Morgan fingerprint density at radius 1 is 1.19 bits per heavy atom. The number of nitrogens with one attached hydrogen (secondary N) is 1. The molecule has 1 fully saturated rings. The number of amides is 1. The molecule has 140 valence electrons. The van der Waals surface area contributed by atoms with Gasteiger partial charge in [0, 0.05) is 49.8 Å². The molecule has 2 aromatic heterocycles. The summed E-state index contributed by atoms with van der Waals surface area (Å²) in [6.45, 7) is 4.92. The molecule has 0 aliphatic carbocycles. The van der Waals surface area contributed by atoms with Crippen LogP contribution in [0.5, 0.6) is 0 Å². The van der Waals surface area contributed by atoms with Crippen LogP contribution in [0.1, 0.15) is 34.6 Å². The molecular weight excluding hydrogens is 336 g/mol. The zero-order valence-corrected chi connectivity index (χ0v) is 16.0. The van der Waals surface area contributed by atoms with Crippen molar-refractivity contribution in [3.05, 3.63) is 65.6 Å². The van der Waals surface area contributed by atoms with Gasteiger partial charge in [-0.05, 0) is 50.1 Å². The summed E-state index contributed by atoms with van der Waals surface area (Å²) >= 11 is 0. The summed E-state index contributed by atoms with van der Waals surface area (Å²) in [7, 11) is 1.96. The van der Waals surface area contributed by atoms with Crippen LogP contribution in [0.4, 0.5) is 0 Å². The molecule has 1 saturated heterocycles. The predicted octanol–water partition coefficient (Wildman–Crippen LogP) is 3.28. The van der Waals surface area contributed by atoms with Gasteiger partial charge in [-0.3, -0.25) is 14.7 Å². The molecule has 0 saturated carbocycles. The van der Waals surface area contributed by atoms with Gasteiger partial charge in [-0.2, -0.15) is 0 Å². The number of benzene rings is 1. The molecule has 1 aromatic carbocycles. The SMILES string of the molecule is Cc1ccc2c(c1)cc(C(=O)NC1CCN(Cc3ccccn3)CC1)n2C. The topological polar surface area (TPSA) is 50.2 Å². The average Bonchev–Trinajstić information content (AvgIpc) is 3.00. The van der Waals surface area contributed by atoms with E-state index < -0.39 is 0 Å². The second kappa shape index (κ2) is 7.53. The van der Waals surface area contributed by atoms with Gasteiger partial charge in [0.15, 0.2) is 0 Å². The minimum Gasteiger partial charge on any atom is -0.348 e. The van der Waals surface area contributed by atoms with Crippen LogP contribution >= 0.6 is 0 Å². The number of fused-ring (bicyclic) bond motifs is 1. The lowest BCUT2D eigenvalue weighted by atomic mass is 10.0. The summed E-state index contributed by atoms with van der Waals surface area (Å²) in [5, 5.41) is 4.35. The molecule has 1 N–H and O–H groups in total. The third kappa shape index (κ3) is 3.88. The standard InChI is InChI=1S/C22H26N4O/c1-16-6-7-20-17(13-16)14-21(25(20)2)22(27)24-18-8-11-26(12-9-18)15-19-5-3-4-10-23-19/h3-7,10,13-14,18H,8-9,11-12,15H2,1-2H3,(H,24,27). The summed E-state index contributed by atoms with van der Waals surface area (Å²) in [6.07, 6.45) is 3.79. The van der Waals surface area contributed by atoms with Crippen molar-refractivity contribution in [1.82, 2.24) is 19.8 Å². The zero-order chi connectivity index (χ0) is 18.8. The molecule has 1 aliphatic heterocycles. The highest BCUT2D eigenvalue weighted by Crippen LogP contribution is 2.21. The Morgan fingerprint density at radius 2 is 2.00 bits per heavy atom. The summed E-state index contributed by atoms with van der Waals surface area (Å²) in [5.74, 6) is 0.0227. The van der Waals surface area contributed by atoms with Crippen LogP contribution in [0.15, 0.2) is 48.7 Å². The fourth-order valence-corrected chi connectivity index (χ4v) is 3.90. The first kappa shape index (κ1) is 17.7. The van der Waals surface area contributed by atoms with Crippen molar-refractivity contribution in [2.75, 3.05) is 13.1 Å². The molecule has 4 rings (SSSR count). The van der Waals surface area contributed by atoms with Crippen LogP contribution < -0.4 is 5.32 Å². The molecule has 0 unspecified atom stereocenters. The highest BCUT2D eigenvalue weighted by Gasteiger charge is 2.22. The van der Waals surface area contributed by atoms with E-state index in [1.807, 2.05) is 36.0 Å². The summed E-state index contributed by atoms with van der Waals surface area (Å²) < 4.78 is 1.99. The van der Waals surface area contributed by atoms with Gasteiger partial charge in [0.25, 0.3) is 5.91 Å². The predicted molar refractivity (Wildman–Crippen MR) is 108 cm³/mol. The zero-order valence-electron chi connectivity index (χ0n) is 16.0. The van der Waals surface area contributed by atoms with Gasteiger partial charge in [-0.15, -0.1) is 0 Å². The van der Waals surface area contributed by atoms with E-state index in [1.54, 1.807) is 0 Å². The number of pyridine rings is 1. The molecule has 5 heteroatoms. The van der Waals surface area contributed by atoms with E-state index in [9.17, 15) is 4.79 Å². The molecule has 0 bridgehead atoms. The number of carbonyl (C=O) groups is 1. The first-order valence-electron chi connectivity index (χ1n) is 9.59. The van der Waals surface area contributed by atoms with Crippen LogP contribution in [0, 0.1) is 6.92 Å². The van der Waals surface area contributed by atoms with E-state index in [0.717, 1.165) is 54.8 Å². The number of nitrogens with zero attached hydrogens (tertiary/aromatic N) is 3. The minimum absolute atomic E-state index is 0.0227. The Hall–Kier alpha value is -2.66. The second-order valence-electron chi connectivity index (χ2n) is 7.50. The van der Waals surface area contributed by atoms with E-state index in [1.165, 1.54) is 5.56 Å². The smallest absolute Gasteiger partial charge is 0.268 e. The number of rotatable bonds is 4. The van der Waals surface area contributed by atoms with Crippen LogP contribution in [0.3, 0.4) is 0 Å². The molecule has 0 atom stereocenters. The van der Waals surface area contributed by atoms with Gasteiger partial charge in [-0.25, -0.2) is 0 Å². The highest BCUT2D eigenvalue weighted by molar-refractivity contribution is 5.99. The number of aromatic nitrogens is 2. The normalized spacial score (nSPS) is 15.9. The fourth-order valence-electron chi connectivity index (χ4n) is 3.90. The van der Waals surface area contributed by atoms with Crippen molar-refractivity contribution in [1.29, 1.82) is 0 Å². The number of likely N-dealkylation sites (tertiary alicyclic amines) is 1. The third-order valence-corrected chi connectivity index (χ3v) is 5.47. The highest BCUT2D eigenvalue weighted by atomic mass is 16.2. The third-order valence-electron chi connectivity index (χ3n) is 5.47. The van der Waals surface area contributed by atoms with Gasteiger partial charge in [0.05, 0.1) is 5.69 Å². The molecule has 3 heterocycles. The maximum atomic E-state index is 12.8. The van der Waals surface area contributed by atoms with Crippen molar-refractivity contribution in [3.63, 3.8) is 0 Å². The molecule has 0 spiro atoms. The Bertz CT molecular complexity index is 940. The monoisotopic (exact) mass is 362 g/mol. The van der Waals surface area contributed by atoms with E-state index in [-0.39, 0.29) is 11.9 Å². The van der Waals surface area contributed by atoms with Crippen LogP contribution in [-0.4, -0.2) is 39.5 Å². The number of carbonyl (C=O) groups excluding carboxylic acids is 1. The Morgan fingerprint density at radius 3 is 2.74 bits per heavy atom. The maximum Gasteiger partial charge on any atom is 0.268 e. The lowest BCUT2D eigenvalue weighted by Gasteiger charge is -2.32. The van der Waals surface area contributed by atoms with Crippen molar-refractivity contribution in [3.8, 4) is 0 Å². The van der Waals surface area contributed by atoms with Crippen molar-refractivity contribution in [2.24, 2.45) is 7.05 Å². The molecule has 27 heavy (non-hydrogen) atoms.